The standard InChI is InChI=1S/C22H16F2N2O3S/c1-12-5-8-17(29-2)16(10-12)26-21(27)19(18-4-3-9-30-18)20(22(26)28)25-13-6-7-14(23)15(24)11-13/h3-11,25H,1-2H3. The number of rotatable bonds is 5. The third kappa shape index (κ3) is 3.35. The maximum Gasteiger partial charge on any atom is 0.282 e. The van der Waals surface area contributed by atoms with E-state index >= 15 is 0 Å². The van der Waals surface area contributed by atoms with Gasteiger partial charge in [-0.3, -0.25) is 9.59 Å². The highest BCUT2D eigenvalue weighted by Gasteiger charge is 2.42. The van der Waals surface area contributed by atoms with Crippen LogP contribution in [-0.4, -0.2) is 18.9 Å². The van der Waals surface area contributed by atoms with Gasteiger partial charge in [0, 0.05) is 16.6 Å². The van der Waals surface area contributed by atoms with Gasteiger partial charge in [0.1, 0.15) is 11.4 Å². The fourth-order valence-electron chi connectivity index (χ4n) is 3.21. The average Bonchev–Trinajstić information content (AvgIpc) is 3.32. The van der Waals surface area contributed by atoms with Crippen molar-refractivity contribution < 1.29 is 23.1 Å². The molecule has 0 atom stereocenters. The number of carbonyl (C=O) groups is 2. The molecule has 3 aromatic rings. The Bertz CT molecular complexity index is 1190. The maximum atomic E-state index is 13.7. The molecule has 0 radical (unpaired) electrons. The number of thiophene rings is 1. The molecule has 1 aliphatic heterocycles. The minimum atomic E-state index is -1.06. The molecule has 1 aromatic heterocycles. The number of amides is 2. The van der Waals surface area contributed by atoms with Crippen molar-refractivity contribution in [1.29, 1.82) is 0 Å². The van der Waals surface area contributed by atoms with Crippen LogP contribution in [0.4, 0.5) is 20.2 Å². The van der Waals surface area contributed by atoms with Crippen LogP contribution in [0.5, 0.6) is 5.75 Å². The fraction of sp³-hybridized carbons (Fsp3) is 0.0909. The molecule has 0 saturated heterocycles. The Morgan fingerprint density at radius 3 is 2.47 bits per heavy atom. The minimum absolute atomic E-state index is 0.0167. The number of benzene rings is 2. The summed E-state index contributed by atoms with van der Waals surface area (Å²) >= 11 is 1.29. The summed E-state index contributed by atoms with van der Waals surface area (Å²) in [6, 6.07) is 11.8. The Balaban J connectivity index is 1.83. The fourth-order valence-corrected chi connectivity index (χ4v) is 3.97. The third-order valence-electron chi connectivity index (χ3n) is 4.62. The van der Waals surface area contributed by atoms with Gasteiger partial charge in [0.15, 0.2) is 11.6 Å². The first-order chi connectivity index (χ1) is 14.4. The SMILES string of the molecule is COc1ccc(C)cc1N1C(=O)C(Nc2ccc(F)c(F)c2)=C(c2cccs2)C1=O. The summed E-state index contributed by atoms with van der Waals surface area (Å²) in [5.74, 6) is -2.85. The Morgan fingerprint density at radius 2 is 1.80 bits per heavy atom. The predicted molar refractivity (Wildman–Crippen MR) is 111 cm³/mol. The second-order valence-electron chi connectivity index (χ2n) is 6.60. The molecule has 1 N–H and O–H groups in total. The molecule has 152 valence electrons. The summed E-state index contributed by atoms with van der Waals surface area (Å²) in [7, 11) is 1.45. The van der Waals surface area contributed by atoms with Crippen LogP contribution in [-0.2, 0) is 9.59 Å². The number of aryl methyl sites for hydroxylation is 1. The number of hydrogen-bond donors (Lipinski definition) is 1. The highest BCUT2D eigenvalue weighted by atomic mass is 32.1. The zero-order valence-electron chi connectivity index (χ0n) is 16.0. The summed E-state index contributed by atoms with van der Waals surface area (Å²) in [4.78, 5) is 28.3. The molecular formula is C22H16F2N2O3S. The number of carbonyl (C=O) groups excluding carboxylic acids is 2. The van der Waals surface area contributed by atoms with Crippen molar-refractivity contribution in [3.8, 4) is 5.75 Å². The molecule has 5 nitrogen and oxygen atoms in total. The molecule has 2 aromatic carbocycles. The van der Waals surface area contributed by atoms with E-state index in [9.17, 15) is 18.4 Å². The minimum Gasteiger partial charge on any atom is -0.495 e. The van der Waals surface area contributed by atoms with E-state index in [4.69, 9.17) is 4.74 Å². The molecule has 0 spiro atoms. The number of nitrogens with zero attached hydrogens (tertiary/aromatic N) is 1. The van der Waals surface area contributed by atoms with Crippen LogP contribution in [0, 0.1) is 18.6 Å². The maximum absolute atomic E-state index is 13.7. The summed E-state index contributed by atoms with van der Waals surface area (Å²) in [6.45, 7) is 1.84. The van der Waals surface area contributed by atoms with E-state index in [1.165, 1.54) is 24.5 Å². The lowest BCUT2D eigenvalue weighted by molar-refractivity contribution is -0.120. The van der Waals surface area contributed by atoms with Gasteiger partial charge in [-0.05, 0) is 48.2 Å². The summed E-state index contributed by atoms with van der Waals surface area (Å²) < 4.78 is 32.3. The summed E-state index contributed by atoms with van der Waals surface area (Å²) in [5, 5.41) is 4.59. The van der Waals surface area contributed by atoms with Crippen LogP contribution in [0.25, 0.3) is 5.57 Å². The number of anilines is 2. The summed E-state index contributed by atoms with van der Waals surface area (Å²) in [6.07, 6.45) is 0. The first kappa shape index (κ1) is 19.8. The monoisotopic (exact) mass is 426 g/mol. The molecule has 8 heteroatoms. The van der Waals surface area contributed by atoms with E-state index in [0.717, 1.165) is 22.6 Å². The van der Waals surface area contributed by atoms with E-state index in [1.807, 2.05) is 6.92 Å². The predicted octanol–water partition coefficient (Wildman–Crippen LogP) is 4.74. The first-order valence-corrected chi connectivity index (χ1v) is 9.82. The lowest BCUT2D eigenvalue weighted by Crippen LogP contribution is -2.32. The number of methoxy groups -OCH3 is 1. The number of nitrogens with one attached hydrogen (secondary N) is 1. The van der Waals surface area contributed by atoms with Crippen molar-refractivity contribution in [2.45, 2.75) is 6.92 Å². The zero-order valence-corrected chi connectivity index (χ0v) is 16.8. The number of halogens is 2. The van der Waals surface area contributed by atoms with E-state index in [2.05, 4.69) is 5.32 Å². The molecular weight excluding hydrogens is 410 g/mol. The van der Waals surface area contributed by atoms with E-state index in [1.54, 1.807) is 35.7 Å². The van der Waals surface area contributed by atoms with E-state index in [-0.39, 0.29) is 17.0 Å². The van der Waals surface area contributed by atoms with Crippen LogP contribution < -0.4 is 15.0 Å². The Morgan fingerprint density at radius 1 is 1.00 bits per heavy atom. The quantitative estimate of drug-likeness (QED) is 0.599. The summed E-state index contributed by atoms with van der Waals surface area (Å²) in [5.41, 5.74) is 1.44. The van der Waals surface area contributed by atoms with Crippen LogP contribution in [0.3, 0.4) is 0 Å². The molecule has 0 saturated carbocycles. The van der Waals surface area contributed by atoms with Crippen molar-refractivity contribution >= 4 is 40.1 Å². The van der Waals surface area contributed by atoms with Gasteiger partial charge in [-0.15, -0.1) is 11.3 Å². The normalized spacial score (nSPS) is 13.9. The van der Waals surface area contributed by atoms with Gasteiger partial charge < -0.3 is 10.1 Å². The Labute approximate surface area is 175 Å². The number of imide groups is 1. The van der Waals surface area contributed by atoms with Crippen molar-refractivity contribution in [2.24, 2.45) is 0 Å². The topological polar surface area (TPSA) is 58.6 Å². The molecule has 0 unspecified atom stereocenters. The highest BCUT2D eigenvalue weighted by molar-refractivity contribution is 7.11. The molecule has 2 heterocycles. The lowest BCUT2D eigenvalue weighted by atomic mass is 10.1. The van der Waals surface area contributed by atoms with Gasteiger partial charge in [-0.25, -0.2) is 13.7 Å². The Hall–Kier alpha value is -3.52. The largest absolute Gasteiger partial charge is 0.495 e. The van der Waals surface area contributed by atoms with Crippen molar-refractivity contribution in [3.63, 3.8) is 0 Å². The van der Waals surface area contributed by atoms with Gasteiger partial charge in [0.05, 0.1) is 18.4 Å². The van der Waals surface area contributed by atoms with Crippen molar-refractivity contribution in [1.82, 2.24) is 0 Å². The van der Waals surface area contributed by atoms with Crippen molar-refractivity contribution in [2.75, 3.05) is 17.3 Å². The van der Waals surface area contributed by atoms with Crippen LogP contribution in [0.2, 0.25) is 0 Å². The molecule has 30 heavy (non-hydrogen) atoms. The molecule has 0 bridgehead atoms. The molecule has 4 rings (SSSR count). The molecule has 2 amide bonds. The Kier molecular flexibility index (Phi) is 5.09. The average molecular weight is 426 g/mol. The van der Waals surface area contributed by atoms with E-state index in [0.29, 0.717) is 16.3 Å². The molecule has 0 aliphatic carbocycles. The van der Waals surface area contributed by atoms with Gasteiger partial charge >= 0.3 is 0 Å². The number of hydrogen-bond acceptors (Lipinski definition) is 5. The smallest absolute Gasteiger partial charge is 0.282 e. The third-order valence-corrected chi connectivity index (χ3v) is 5.50. The second kappa shape index (κ2) is 7.72. The van der Waals surface area contributed by atoms with Crippen molar-refractivity contribution in [3.05, 3.63) is 81.7 Å². The van der Waals surface area contributed by atoms with Crippen LogP contribution >= 0.6 is 11.3 Å². The van der Waals surface area contributed by atoms with Gasteiger partial charge in [-0.2, -0.15) is 0 Å². The lowest BCUT2D eigenvalue weighted by Gasteiger charge is -2.19. The molecule has 0 fully saturated rings. The van der Waals surface area contributed by atoms with Gasteiger partial charge in [0.25, 0.3) is 11.8 Å². The second-order valence-corrected chi connectivity index (χ2v) is 7.55. The highest BCUT2D eigenvalue weighted by Crippen LogP contribution is 2.39. The van der Waals surface area contributed by atoms with E-state index < -0.39 is 23.4 Å². The zero-order chi connectivity index (χ0) is 21.4. The van der Waals surface area contributed by atoms with Gasteiger partial charge in [0.2, 0.25) is 0 Å². The van der Waals surface area contributed by atoms with Crippen LogP contribution in [0.15, 0.2) is 59.6 Å². The van der Waals surface area contributed by atoms with Crippen LogP contribution in [0.1, 0.15) is 10.4 Å². The number of ether oxygens (including phenoxy) is 1. The first-order valence-electron chi connectivity index (χ1n) is 8.94. The van der Waals surface area contributed by atoms with Gasteiger partial charge in [-0.1, -0.05) is 12.1 Å². The molecule has 1 aliphatic rings.